The summed E-state index contributed by atoms with van der Waals surface area (Å²) in [6.07, 6.45) is 0.280. The van der Waals surface area contributed by atoms with E-state index in [-0.39, 0.29) is 25.5 Å². The number of carbonyl (C=O) groups excluding carboxylic acids is 3. The van der Waals surface area contributed by atoms with E-state index in [1.165, 1.54) is 0 Å². The number of fused-ring (bicyclic) bond motifs is 1. The van der Waals surface area contributed by atoms with Gasteiger partial charge in [-0.1, -0.05) is 44.2 Å². The summed E-state index contributed by atoms with van der Waals surface area (Å²) in [5, 5.41) is 2.74. The van der Waals surface area contributed by atoms with Gasteiger partial charge in [0, 0.05) is 12.0 Å². The standard InChI is InChI=1S/C23H24N2O5/c1-14(2)16-5-7-17(8-6-16)18(26)12-25-21(27)23(3,24-22(25)28)11-15-4-9-19-20(10-15)30-13-29-19/h4-10,14H,11-13H2,1-3H3,(H,24,28)/t23-/m1/s1. The monoisotopic (exact) mass is 408 g/mol. The second-order valence-electron chi connectivity index (χ2n) is 8.22. The van der Waals surface area contributed by atoms with Gasteiger partial charge >= 0.3 is 6.03 Å². The van der Waals surface area contributed by atoms with Crippen LogP contribution < -0.4 is 14.8 Å². The van der Waals surface area contributed by atoms with Crippen LogP contribution in [0.3, 0.4) is 0 Å². The number of ether oxygens (including phenoxy) is 2. The second-order valence-corrected chi connectivity index (χ2v) is 8.22. The summed E-state index contributed by atoms with van der Waals surface area (Å²) < 4.78 is 10.7. The number of amides is 3. The third kappa shape index (κ3) is 3.63. The Morgan fingerprint density at radius 1 is 1.10 bits per heavy atom. The van der Waals surface area contributed by atoms with E-state index in [9.17, 15) is 14.4 Å². The van der Waals surface area contributed by atoms with Gasteiger partial charge in [0.15, 0.2) is 17.3 Å². The van der Waals surface area contributed by atoms with E-state index in [2.05, 4.69) is 19.2 Å². The van der Waals surface area contributed by atoms with Gasteiger partial charge in [0.1, 0.15) is 5.54 Å². The van der Waals surface area contributed by atoms with Crippen LogP contribution in [0.25, 0.3) is 0 Å². The van der Waals surface area contributed by atoms with Crippen molar-refractivity contribution < 1.29 is 23.9 Å². The molecule has 3 amide bonds. The van der Waals surface area contributed by atoms with Crippen LogP contribution in [0.4, 0.5) is 4.79 Å². The maximum absolute atomic E-state index is 13.0. The van der Waals surface area contributed by atoms with Gasteiger partial charge in [-0.25, -0.2) is 4.79 Å². The number of urea groups is 1. The molecule has 0 bridgehead atoms. The highest BCUT2D eigenvalue weighted by atomic mass is 16.7. The average molecular weight is 408 g/mol. The molecule has 2 aromatic rings. The van der Waals surface area contributed by atoms with Gasteiger partial charge in [0.05, 0.1) is 6.54 Å². The number of ketones is 1. The number of carbonyl (C=O) groups is 3. The van der Waals surface area contributed by atoms with Crippen molar-refractivity contribution in [3.8, 4) is 11.5 Å². The molecule has 2 heterocycles. The van der Waals surface area contributed by atoms with Gasteiger partial charge in [-0.15, -0.1) is 0 Å². The van der Waals surface area contributed by atoms with Crippen LogP contribution >= 0.6 is 0 Å². The quantitative estimate of drug-likeness (QED) is 0.586. The van der Waals surface area contributed by atoms with Crippen LogP contribution in [0.1, 0.15) is 48.2 Å². The Morgan fingerprint density at radius 3 is 2.50 bits per heavy atom. The van der Waals surface area contributed by atoms with E-state index >= 15 is 0 Å². The minimum atomic E-state index is -1.13. The first-order chi connectivity index (χ1) is 14.3. The third-order valence-electron chi connectivity index (χ3n) is 5.54. The van der Waals surface area contributed by atoms with Crippen molar-refractivity contribution in [2.75, 3.05) is 13.3 Å². The highest BCUT2D eigenvalue weighted by molar-refractivity contribution is 6.11. The van der Waals surface area contributed by atoms with Crippen LogP contribution in [-0.4, -0.2) is 41.5 Å². The number of hydrogen-bond donors (Lipinski definition) is 1. The van der Waals surface area contributed by atoms with E-state index < -0.39 is 17.5 Å². The smallest absolute Gasteiger partial charge is 0.325 e. The first-order valence-electron chi connectivity index (χ1n) is 9.92. The van der Waals surface area contributed by atoms with E-state index in [1.807, 2.05) is 18.2 Å². The van der Waals surface area contributed by atoms with Crippen LogP contribution in [0, 0.1) is 0 Å². The molecular formula is C23H24N2O5. The van der Waals surface area contributed by atoms with Crippen LogP contribution in [0.2, 0.25) is 0 Å². The molecule has 1 saturated heterocycles. The predicted octanol–water partition coefficient (Wildman–Crippen LogP) is 3.27. The van der Waals surface area contributed by atoms with Crippen molar-refractivity contribution >= 4 is 17.7 Å². The minimum absolute atomic E-state index is 0.166. The van der Waals surface area contributed by atoms with Gasteiger partial charge in [0.25, 0.3) is 5.91 Å². The SMILES string of the molecule is CC(C)c1ccc(C(=O)CN2C(=O)N[C@](C)(Cc3ccc4c(c3)OCO4)C2=O)cc1. The fourth-order valence-electron chi connectivity index (χ4n) is 3.76. The minimum Gasteiger partial charge on any atom is -0.454 e. The molecule has 7 heteroatoms. The second kappa shape index (κ2) is 7.48. The summed E-state index contributed by atoms with van der Waals surface area (Å²) in [5.74, 6) is 0.932. The maximum atomic E-state index is 13.0. The van der Waals surface area contributed by atoms with E-state index in [0.29, 0.717) is 23.0 Å². The molecule has 156 valence electrons. The molecule has 0 radical (unpaired) electrons. The van der Waals surface area contributed by atoms with Gasteiger partial charge in [-0.05, 0) is 36.1 Å². The molecule has 1 fully saturated rings. The van der Waals surface area contributed by atoms with Crippen LogP contribution in [0.5, 0.6) is 11.5 Å². The molecule has 1 atom stereocenters. The van der Waals surface area contributed by atoms with Crippen molar-refractivity contribution in [3.05, 3.63) is 59.2 Å². The molecule has 4 rings (SSSR count). The molecule has 7 nitrogen and oxygen atoms in total. The fourth-order valence-corrected chi connectivity index (χ4v) is 3.76. The molecule has 0 aliphatic carbocycles. The highest BCUT2D eigenvalue weighted by Gasteiger charge is 2.48. The summed E-state index contributed by atoms with van der Waals surface area (Å²) in [6, 6.07) is 12.1. The molecule has 2 aromatic carbocycles. The zero-order valence-corrected chi connectivity index (χ0v) is 17.2. The third-order valence-corrected chi connectivity index (χ3v) is 5.54. The van der Waals surface area contributed by atoms with Crippen molar-refractivity contribution in [3.63, 3.8) is 0 Å². The van der Waals surface area contributed by atoms with Crippen molar-refractivity contribution in [2.24, 2.45) is 0 Å². The Bertz CT molecular complexity index is 1010. The van der Waals surface area contributed by atoms with Crippen molar-refractivity contribution in [2.45, 2.75) is 38.6 Å². The fraction of sp³-hybridized carbons (Fsp3) is 0.348. The predicted molar refractivity (Wildman–Crippen MR) is 110 cm³/mol. The first-order valence-corrected chi connectivity index (χ1v) is 9.92. The first kappa shape index (κ1) is 19.9. The molecule has 2 aliphatic heterocycles. The lowest BCUT2D eigenvalue weighted by Gasteiger charge is -2.21. The topological polar surface area (TPSA) is 84.9 Å². The van der Waals surface area contributed by atoms with Gasteiger partial charge in [-0.2, -0.15) is 0 Å². The van der Waals surface area contributed by atoms with Crippen LogP contribution in [-0.2, 0) is 11.2 Å². The van der Waals surface area contributed by atoms with E-state index in [1.54, 1.807) is 31.2 Å². The van der Waals surface area contributed by atoms with E-state index in [4.69, 9.17) is 9.47 Å². The van der Waals surface area contributed by atoms with Gasteiger partial charge < -0.3 is 14.8 Å². The maximum Gasteiger partial charge on any atom is 0.325 e. The summed E-state index contributed by atoms with van der Waals surface area (Å²) in [6.45, 7) is 5.69. The molecule has 0 aromatic heterocycles. The zero-order valence-electron chi connectivity index (χ0n) is 17.2. The molecular weight excluding hydrogens is 384 g/mol. The Labute approximate surface area is 175 Å². The Balaban J connectivity index is 1.47. The molecule has 30 heavy (non-hydrogen) atoms. The molecule has 2 aliphatic rings. The van der Waals surface area contributed by atoms with Crippen LogP contribution in [0.15, 0.2) is 42.5 Å². The number of Topliss-reactive ketones (excluding diaryl/α,β-unsaturated/α-hetero) is 1. The molecule has 0 spiro atoms. The Morgan fingerprint density at radius 2 is 1.80 bits per heavy atom. The highest BCUT2D eigenvalue weighted by Crippen LogP contribution is 2.34. The summed E-state index contributed by atoms with van der Waals surface area (Å²) in [7, 11) is 0. The lowest BCUT2D eigenvalue weighted by Crippen LogP contribution is -2.46. The Hall–Kier alpha value is -3.35. The number of nitrogens with one attached hydrogen (secondary N) is 1. The van der Waals surface area contributed by atoms with E-state index in [0.717, 1.165) is 16.0 Å². The largest absolute Gasteiger partial charge is 0.454 e. The lowest BCUT2D eigenvalue weighted by molar-refractivity contribution is -0.130. The Kier molecular flexibility index (Phi) is 4.97. The molecule has 1 N–H and O–H groups in total. The summed E-state index contributed by atoms with van der Waals surface area (Å²) in [5.41, 5.74) is 1.29. The molecule has 0 saturated carbocycles. The number of rotatable bonds is 6. The molecule has 0 unspecified atom stereocenters. The summed E-state index contributed by atoms with van der Waals surface area (Å²) >= 11 is 0. The number of hydrogen-bond acceptors (Lipinski definition) is 5. The van der Waals surface area contributed by atoms with Crippen molar-refractivity contribution in [1.29, 1.82) is 0 Å². The lowest BCUT2D eigenvalue weighted by atomic mass is 9.92. The number of nitrogens with zero attached hydrogens (tertiary/aromatic N) is 1. The van der Waals surface area contributed by atoms with Gasteiger partial charge in [0.2, 0.25) is 6.79 Å². The van der Waals surface area contributed by atoms with Crippen molar-refractivity contribution in [1.82, 2.24) is 10.2 Å². The zero-order chi connectivity index (χ0) is 21.5. The average Bonchev–Trinajstić information content (AvgIpc) is 3.26. The van der Waals surface area contributed by atoms with Gasteiger partial charge in [-0.3, -0.25) is 14.5 Å². The number of imide groups is 1. The normalized spacial score (nSPS) is 20.1. The number of benzene rings is 2. The summed E-state index contributed by atoms with van der Waals surface area (Å²) in [4.78, 5) is 39.2.